The van der Waals surface area contributed by atoms with E-state index < -0.39 is 0 Å². The van der Waals surface area contributed by atoms with Gasteiger partial charge >= 0.3 is 0 Å². The number of aryl methyl sites for hydroxylation is 1. The van der Waals surface area contributed by atoms with Crippen molar-refractivity contribution in [3.05, 3.63) is 34.9 Å². The second kappa shape index (κ2) is 6.40. The summed E-state index contributed by atoms with van der Waals surface area (Å²) in [6, 6.07) is 6.14. The van der Waals surface area contributed by atoms with E-state index in [0.717, 1.165) is 18.4 Å². The van der Waals surface area contributed by atoms with Gasteiger partial charge in [-0.1, -0.05) is 18.2 Å². The summed E-state index contributed by atoms with van der Waals surface area (Å²) >= 11 is 4.69. The maximum Gasteiger partial charge on any atom is 0.243 e. The van der Waals surface area contributed by atoms with Crippen LogP contribution in [-0.4, -0.2) is 29.3 Å². The first-order valence-electron chi connectivity index (χ1n) is 7.69. The van der Waals surface area contributed by atoms with Gasteiger partial charge in [-0.15, -0.1) is 0 Å². The van der Waals surface area contributed by atoms with Gasteiger partial charge in [0.2, 0.25) is 11.8 Å². The van der Waals surface area contributed by atoms with Gasteiger partial charge in [0.1, 0.15) is 0 Å². The highest BCUT2D eigenvalue weighted by atomic mass is 32.1. The highest BCUT2D eigenvalue weighted by molar-refractivity contribution is 7.80. The molecule has 2 unspecified atom stereocenters. The lowest BCUT2D eigenvalue weighted by molar-refractivity contribution is -0.137. The molecule has 2 amide bonds. The van der Waals surface area contributed by atoms with Crippen molar-refractivity contribution in [2.45, 2.75) is 43.6 Å². The molecule has 6 heteroatoms. The molecule has 2 atom stereocenters. The molecule has 2 aliphatic heterocycles. The molecule has 0 bridgehead atoms. The fraction of sp³-hybridized carbons (Fsp3) is 0.500. The largest absolute Gasteiger partial charge is 0.330 e. The zero-order chi connectivity index (χ0) is 15.7. The van der Waals surface area contributed by atoms with Gasteiger partial charge in [-0.2, -0.15) is 12.6 Å². The quantitative estimate of drug-likeness (QED) is 0.574. The molecule has 1 saturated heterocycles. The molecule has 3 rings (SSSR count). The van der Waals surface area contributed by atoms with Crippen LogP contribution in [0.5, 0.6) is 0 Å². The molecule has 0 aromatic heterocycles. The lowest BCUT2D eigenvalue weighted by Crippen LogP contribution is -2.51. The smallest absolute Gasteiger partial charge is 0.243 e. The predicted molar refractivity (Wildman–Crippen MR) is 87.3 cm³/mol. The first-order valence-corrected chi connectivity index (χ1v) is 8.21. The summed E-state index contributed by atoms with van der Waals surface area (Å²) in [5.41, 5.74) is 9.22. The highest BCUT2D eigenvalue weighted by Crippen LogP contribution is 2.39. The van der Waals surface area contributed by atoms with Crippen molar-refractivity contribution in [3.8, 4) is 0 Å². The van der Waals surface area contributed by atoms with Gasteiger partial charge < -0.3 is 5.73 Å². The van der Waals surface area contributed by atoms with Crippen LogP contribution in [0.1, 0.15) is 41.3 Å². The van der Waals surface area contributed by atoms with Gasteiger partial charge in [0.25, 0.3) is 0 Å². The third-order valence-corrected chi connectivity index (χ3v) is 5.01. The number of hydrogen-bond donors (Lipinski definition) is 3. The third kappa shape index (κ3) is 2.91. The van der Waals surface area contributed by atoms with Crippen molar-refractivity contribution in [2.75, 3.05) is 6.54 Å². The first kappa shape index (κ1) is 15.5. The Balaban J connectivity index is 1.77. The molecule has 0 aliphatic carbocycles. The second-order valence-corrected chi connectivity index (χ2v) is 6.43. The minimum Gasteiger partial charge on any atom is -0.330 e. The van der Waals surface area contributed by atoms with Crippen LogP contribution >= 0.6 is 12.6 Å². The highest BCUT2D eigenvalue weighted by Gasteiger charge is 2.38. The minimum absolute atomic E-state index is 0.0949. The number of hydrogen-bond acceptors (Lipinski definition) is 5. The zero-order valence-corrected chi connectivity index (χ0v) is 13.3. The van der Waals surface area contributed by atoms with E-state index in [0.29, 0.717) is 25.9 Å². The van der Waals surface area contributed by atoms with E-state index in [1.54, 1.807) is 0 Å². The van der Waals surface area contributed by atoms with Gasteiger partial charge in [-0.25, -0.2) is 0 Å². The van der Waals surface area contributed by atoms with E-state index in [1.807, 2.05) is 0 Å². The van der Waals surface area contributed by atoms with Gasteiger partial charge in [-0.05, 0) is 42.5 Å². The number of nitrogens with two attached hydrogens (primary N) is 1. The summed E-state index contributed by atoms with van der Waals surface area (Å²) in [5, 5.41) is 2.33. The lowest BCUT2D eigenvalue weighted by atomic mass is 10.0. The standard InChI is InChI=1S/C16H21N3O2S/c17-7-1-2-10-3-4-12-11(8-10)9-19(16(12)22)13-5-6-14(20)18-15(13)21/h3-4,8,13,16,22H,1-2,5-7,9,17H2,(H,18,20,21). The van der Waals surface area contributed by atoms with E-state index >= 15 is 0 Å². The number of fused-ring (bicyclic) bond motifs is 1. The third-order valence-electron chi connectivity index (χ3n) is 4.43. The van der Waals surface area contributed by atoms with Crippen molar-refractivity contribution in [2.24, 2.45) is 5.73 Å². The molecule has 1 aromatic rings. The van der Waals surface area contributed by atoms with E-state index in [2.05, 4.69) is 41.0 Å². The Bertz CT molecular complexity index is 605. The molecule has 1 aromatic carbocycles. The van der Waals surface area contributed by atoms with Crippen LogP contribution < -0.4 is 11.1 Å². The van der Waals surface area contributed by atoms with E-state index in [4.69, 9.17) is 5.73 Å². The maximum atomic E-state index is 12.1. The van der Waals surface area contributed by atoms with E-state index in [9.17, 15) is 9.59 Å². The normalized spacial score (nSPS) is 25.2. The van der Waals surface area contributed by atoms with Crippen LogP contribution in [-0.2, 0) is 22.6 Å². The van der Waals surface area contributed by atoms with Crippen LogP contribution in [0.4, 0.5) is 0 Å². The van der Waals surface area contributed by atoms with Crippen LogP contribution in [0, 0.1) is 0 Å². The molecule has 3 N–H and O–H groups in total. The summed E-state index contributed by atoms with van der Waals surface area (Å²) in [5.74, 6) is -0.385. The summed E-state index contributed by atoms with van der Waals surface area (Å²) < 4.78 is 0. The lowest BCUT2D eigenvalue weighted by Gasteiger charge is -2.32. The van der Waals surface area contributed by atoms with Crippen molar-refractivity contribution in [3.63, 3.8) is 0 Å². The minimum atomic E-state index is -0.278. The Morgan fingerprint density at radius 1 is 1.36 bits per heavy atom. The van der Waals surface area contributed by atoms with E-state index in [1.165, 1.54) is 11.1 Å². The Hall–Kier alpha value is -1.37. The number of imide groups is 1. The average Bonchev–Trinajstić information content (AvgIpc) is 2.82. The van der Waals surface area contributed by atoms with Crippen molar-refractivity contribution < 1.29 is 9.59 Å². The first-order chi connectivity index (χ1) is 10.6. The number of carbonyl (C=O) groups excluding carboxylic acids is 2. The Labute approximate surface area is 135 Å². The Morgan fingerprint density at radius 2 is 2.18 bits per heavy atom. The Morgan fingerprint density at radius 3 is 2.91 bits per heavy atom. The molecule has 1 fully saturated rings. The van der Waals surface area contributed by atoms with Gasteiger partial charge in [0.15, 0.2) is 0 Å². The molecule has 118 valence electrons. The monoisotopic (exact) mass is 319 g/mol. The number of amides is 2. The number of thiol groups is 1. The zero-order valence-electron chi connectivity index (χ0n) is 12.4. The molecular formula is C16H21N3O2S. The molecule has 2 aliphatic rings. The van der Waals surface area contributed by atoms with Gasteiger partial charge in [0, 0.05) is 13.0 Å². The fourth-order valence-corrected chi connectivity index (χ4v) is 3.75. The maximum absolute atomic E-state index is 12.1. The summed E-state index contributed by atoms with van der Waals surface area (Å²) in [6.45, 7) is 1.39. The topological polar surface area (TPSA) is 75.4 Å². The van der Waals surface area contributed by atoms with Crippen molar-refractivity contribution >= 4 is 24.4 Å². The van der Waals surface area contributed by atoms with Crippen LogP contribution in [0.3, 0.4) is 0 Å². The molecule has 2 heterocycles. The molecule has 5 nitrogen and oxygen atoms in total. The fourth-order valence-electron chi connectivity index (χ4n) is 3.25. The van der Waals surface area contributed by atoms with Crippen LogP contribution in [0.2, 0.25) is 0 Å². The number of carbonyl (C=O) groups is 2. The van der Waals surface area contributed by atoms with Gasteiger partial charge in [0.05, 0.1) is 11.4 Å². The average molecular weight is 319 g/mol. The number of benzene rings is 1. The molecule has 0 spiro atoms. The number of rotatable bonds is 4. The molecule has 0 saturated carbocycles. The van der Waals surface area contributed by atoms with Crippen molar-refractivity contribution in [1.82, 2.24) is 10.2 Å². The number of piperidine rings is 1. The van der Waals surface area contributed by atoms with Crippen molar-refractivity contribution in [1.29, 1.82) is 0 Å². The molecular weight excluding hydrogens is 298 g/mol. The SMILES string of the molecule is NCCCc1ccc2c(c1)CN(C1CCC(=O)NC1=O)C2S. The second-order valence-electron chi connectivity index (χ2n) is 5.94. The van der Waals surface area contributed by atoms with Crippen LogP contribution in [0.25, 0.3) is 0 Å². The summed E-state index contributed by atoms with van der Waals surface area (Å²) in [7, 11) is 0. The summed E-state index contributed by atoms with van der Waals surface area (Å²) in [6.07, 6.45) is 2.90. The predicted octanol–water partition coefficient (Wildman–Crippen LogP) is 1.13. The summed E-state index contributed by atoms with van der Waals surface area (Å²) in [4.78, 5) is 25.4. The Kier molecular flexibility index (Phi) is 4.52. The van der Waals surface area contributed by atoms with Crippen LogP contribution in [0.15, 0.2) is 18.2 Å². The number of nitrogens with zero attached hydrogens (tertiary/aromatic N) is 1. The van der Waals surface area contributed by atoms with E-state index in [-0.39, 0.29) is 23.2 Å². The number of nitrogens with one attached hydrogen (secondary N) is 1. The van der Waals surface area contributed by atoms with Gasteiger partial charge in [-0.3, -0.25) is 19.8 Å². The molecule has 22 heavy (non-hydrogen) atoms. The molecule has 0 radical (unpaired) electrons.